The maximum absolute atomic E-state index is 13.7. The number of fused-ring (bicyclic) bond motifs is 1. The Kier molecular flexibility index (Phi) is 4.83. The van der Waals surface area contributed by atoms with Crippen molar-refractivity contribution in [1.82, 2.24) is 4.90 Å². The van der Waals surface area contributed by atoms with Crippen molar-refractivity contribution in [3.8, 4) is 0 Å². The number of carbonyl (C=O) groups is 3. The number of Topliss-reactive ketones (excluding diaryl/α,β-unsaturated/α-hetero) is 1. The number of allylic oxidation sites excluding steroid dienone is 1. The number of carbonyl (C=O) groups excluding carboxylic acids is 3. The monoisotopic (exact) mass is 445 g/mol. The molecule has 2 atom stereocenters. The van der Waals surface area contributed by atoms with Gasteiger partial charge >= 0.3 is 5.97 Å². The first-order valence-electron chi connectivity index (χ1n) is 12.1. The Morgan fingerprint density at radius 1 is 1.12 bits per heavy atom. The Labute approximate surface area is 189 Å². The number of rotatable bonds is 4. The third kappa shape index (κ3) is 2.99. The van der Waals surface area contributed by atoms with Gasteiger partial charge in [-0.25, -0.2) is 4.79 Å². The molecule has 2 aliphatic heterocycles. The molecule has 32 heavy (non-hydrogen) atoms. The van der Waals surface area contributed by atoms with E-state index in [1.54, 1.807) is 6.92 Å². The van der Waals surface area contributed by atoms with Gasteiger partial charge in [-0.2, -0.15) is 0 Å². The number of amides is 1. The predicted octanol–water partition coefficient (Wildman–Crippen LogP) is 3.52. The normalized spacial score (nSPS) is 41.9. The van der Waals surface area contributed by atoms with E-state index in [4.69, 9.17) is 9.47 Å². The molecule has 0 spiro atoms. The minimum absolute atomic E-state index is 0.0313. The van der Waals surface area contributed by atoms with Crippen molar-refractivity contribution in [3.05, 3.63) is 11.3 Å². The molecule has 7 heteroatoms. The molecule has 7 nitrogen and oxygen atoms in total. The number of aliphatic hydroxyl groups is 1. The zero-order valence-corrected chi connectivity index (χ0v) is 19.6. The van der Waals surface area contributed by atoms with Gasteiger partial charge in [0.2, 0.25) is 11.3 Å². The Hall–Kier alpha value is -1.89. The van der Waals surface area contributed by atoms with Gasteiger partial charge in [0.25, 0.3) is 5.91 Å². The first kappa shape index (κ1) is 21.9. The molecule has 6 rings (SSSR count). The molecule has 4 saturated carbocycles. The maximum Gasteiger partial charge on any atom is 0.342 e. The number of ether oxygens (including phenoxy) is 2. The van der Waals surface area contributed by atoms with Gasteiger partial charge in [-0.05, 0) is 68.6 Å². The SMILES string of the molecule is CCOC(=O)[C@]12CO[C@H](C(C)(C)C)N1C(=O)/C(=C(\O)CC13CC4CC(CC(C4)C1)C3)C2=O. The molecular formula is C25H35NO6. The van der Waals surface area contributed by atoms with E-state index in [0.29, 0.717) is 24.2 Å². The highest BCUT2D eigenvalue weighted by molar-refractivity contribution is 6.35. The Morgan fingerprint density at radius 3 is 2.19 bits per heavy atom. The third-order valence-electron chi connectivity index (χ3n) is 8.48. The van der Waals surface area contributed by atoms with Crippen LogP contribution in [0.4, 0.5) is 0 Å². The van der Waals surface area contributed by atoms with Crippen LogP contribution in [0.2, 0.25) is 0 Å². The van der Waals surface area contributed by atoms with Crippen LogP contribution in [-0.2, 0) is 23.9 Å². The minimum atomic E-state index is -1.84. The van der Waals surface area contributed by atoms with Crippen molar-refractivity contribution >= 4 is 17.7 Å². The highest BCUT2D eigenvalue weighted by Crippen LogP contribution is 2.62. The number of hydrogen-bond donors (Lipinski definition) is 1. The van der Waals surface area contributed by atoms with Crippen LogP contribution in [0.1, 0.15) is 72.6 Å². The number of esters is 1. The summed E-state index contributed by atoms with van der Waals surface area (Å²) in [5, 5.41) is 11.2. The second kappa shape index (κ2) is 7.05. The summed E-state index contributed by atoms with van der Waals surface area (Å²) in [5.41, 5.74) is -2.62. The fourth-order valence-corrected chi connectivity index (χ4v) is 7.77. The second-order valence-corrected chi connectivity index (χ2v) is 12.0. The van der Waals surface area contributed by atoms with Gasteiger partial charge in [0.1, 0.15) is 17.6 Å². The smallest absolute Gasteiger partial charge is 0.342 e. The van der Waals surface area contributed by atoms with Crippen LogP contribution < -0.4 is 0 Å². The van der Waals surface area contributed by atoms with Crippen molar-refractivity contribution < 1.29 is 29.0 Å². The first-order chi connectivity index (χ1) is 15.0. The summed E-state index contributed by atoms with van der Waals surface area (Å²) in [4.78, 5) is 41.6. The molecule has 0 unspecified atom stereocenters. The average molecular weight is 446 g/mol. The summed E-state index contributed by atoms with van der Waals surface area (Å²) >= 11 is 0. The van der Waals surface area contributed by atoms with Crippen LogP contribution >= 0.6 is 0 Å². The lowest BCUT2D eigenvalue weighted by molar-refractivity contribution is -0.162. The van der Waals surface area contributed by atoms with Crippen LogP contribution in [0.3, 0.4) is 0 Å². The summed E-state index contributed by atoms with van der Waals surface area (Å²) in [6.07, 6.45) is 6.58. The van der Waals surface area contributed by atoms with E-state index in [2.05, 4.69) is 0 Å². The molecular weight excluding hydrogens is 410 g/mol. The number of ketones is 1. The van der Waals surface area contributed by atoms with Gasteiger partial charge in [0.15, 0.2) is 0 Å². The lowest BCUT2D eigenvalue weighted by Crippen LogP contribution is -2.58. The average Bonchev–Trinajstić information content (AvgIpc) is 3.17. The van der Waals surface area contributed by atoms with Crippen LogP contribution in [0.25, 0.3) is 0 Å². The molecule has 6 aliphatic rings. The van der Waals surface area contributed by atoms with Crippen LogP contribution in [0.5, 0.6) is 0 Å². The number of nitrogens with zero attached hydrogens (tertiary/aromatic N) is 1. The fourth-order valence-electron chi connectivity index (χ4n) is 7.77. The largest absolute Gasteiger partial charge is 0.511 e. The van der Waals surface area contributed by atoms with Crippen molar-refractivity contribution in [1.29, 1.82) is 0 Å². The standard InChI is InChI=1S/C25H35NO6/c1-5-31-22(30)25-13-32-21(23(2,3)4)26(25)20(29)18(19(25)28)17(27)12-24-9-14-6-15(10-24)8-16(7-14)11-24/h14-16,21,27H,5-13H2,1-4H3/b18-17-/t14?,15?,16?,21-,24?,25-/m1/s1. The van der Waals surface area contributed by atoms with Crippen LogP contribution in [0.15, 0.2) is 11.3 Å². The van der Waals surface area contributed by atoms with Gasteiger partial charge in [0, 0.05) is 11.8 Å². The lowest BCUT2D eigenvalue weighted by atomic mass is 9.48. The molecule has 1 N–H and O–H groups in total. The summed E-state index contributed by atoms with van der Waals surface area (Å²) in [6, 6.07) is 0. The summed E-state index contributed by atoms with van der Waals surface area (Å²) in [5.74, 6) is -0.113. The van der Waals surface area contributed by atoms with Gasteiger partial charge in [-0.15, -0.1) is 0 Å². The predicted molar refractivity (Wildman–Crippen MR) is 115 cm³/mol. The van der Waals surface area contributed by atoms with E-state index in [9.17, 15) is 19.5 Å². The van der Waals surface area contributed by atoms with E-state index in [-0.39, 0.29) is 30.0 Å². The molecule has 0 aromatic heterocycles. The van der Waals surface area contributed by atoms with E-state index >= 15 is 0 Å². The molecule has 6 fully saturated rings. The van der Waals surface area contributed by atoms with E-state index in [0.717, 1.165) is 19.3 Å². The molecule has 4 bridgehead atoms. The second-order valence-electron chi connectivity index (χ2n) is 12.0. The molecule has 2 saturated heterocycles. The number of hydrogen-bond acceptors (Lipinski definition) is 6. The first-order valence-corrected chi connectivity index (χ1v) is 12.1. The van der Waals surface area contributed by atoms with Gasteiger partial charge < -0.3 is 14.6 Å². The quantitative estimate of drug-likeness (QED) is 0.234. The molecule has 2 heterocycles. The van der Waals surface area contributed by atoms with Crippen molar-refractivity contribution in [2.45, 2.75) is 84.4 Å². The van der Waals surface area contributed by atoms with Crippen LogP contribution in [-0.4, -0.2) is 52.6 Å². The Morgan fingerprint density at radius 2 is 1.69 bits per heavy atom. The Bertz CT molecular complexity index is 863. The summed E-state index contributed by atoms with van der Waals surface area (Å²) in [6.45, 7) is 7.20. The maximum atomic E-state index is 13.7. The van der Waals surface area contributed by atoms with E-state index < -0.39 is 34.8 Å². The highest BCUT2D eigenvalue weighted by Gasteiger charge is 2.70. The third-order valence-corrected chi connectivity index (χ3v) is 8.48. The summed E-state index contributed by atoms with van der Waals surface area (Å²) in [7, 11) is 0. The molecule has 0 aromatic carbocycles. The van der Waals surface area contributed by atoms with Gasteiger partial charge in [0.05, 0.1) is 13.2 Å². The topological polar surface area (TPSA) is 93.1 Å². The highest BCUT2D eigenvalue weighted by atomic mass is 16.6. The Balaban J connectivity index is 1.52. The number of aliphatic hydroxyl groups excluding tert-OH is 1. The van der Waals surface area contributed by atoms with E-state index in [1.807, 2.05) is 20.8 Å². The molecule has 1 amide bonds. The van der Waals surface area contributed by atoms with Crippen LogP contribution in [0, 0.1) is 28.6 Å². The van der Waals surface area contributed by atoms with E-state index in [1.165, 1.54) is 24.2 Å². The fraction of sp³-hybridized carbons (Fsp3) is 0.800. The molecule has 4 aliphatic carbocycles. The molecule has 176 valence electrons. The van der Waals surface area contributed by atoms with Crippen molar-refractivity contribution in [2.75, 3.05) is 13.2 Å². The molecule has 0 aromatic rings. The zero-order valence-electron chi connectivity index (χ0n) is 19.6. The van der Waals surface area contributed by atoms with Gasteiger partial charge in [-0.3, -0.25) is 14.5 Å². The van der Waals surface area contributed by atoms with Crippen molar-refractivity contribution in [2.24, 2.45) is 28.6 Å². The molecule has 0 radical (unpaired) electrons. The minimum Gasteiger partial charge on any atom is -0.511 e. The van der Waals surface area contributed by atoms with Crippen molar-refractivity contribution in [3.63, 3.8) is 0 Å². The lowest BCUT2D eigenvalue weighted by Gasteiger charge is -2.57. The summed E-state index contributed by atoms with van der Waals surface area (Å²) < 4.78 is 11.1. The zero-order chi connectivity index (χ0) is 23.1. The van der Waals surface area contributed by atoms with Gasteiger partial charge in [-0.1, -0.05) is 20.8 Å².